The molecule has 2 aliphatic carbocycles. The van der Waals surface area contributed by atoms with E-state index in [2.05, 4.69) is 10.4 Å². The molecular weight excluding hydrogens is 307 g/mol. The topological polar surface area (TPSA) is 46.9 Å². The molecule has 0 spiro atoms. The summed E-state index contributed by atoms with van der Waals surface area (Å²) in [6, 6.07) is -0.0116. The Balaban J connectivity index is 1.69. The highest BCUT2D eigenvalue weighted by molar-refractivity contribution is 5.84. The summed E-state index contributed by atoms with van der Waals surface area (Å²) in [5.74, 6) is -0.854. The summed E-state index contributed by atoms with van der Waals surface area (Å²) >= 11 is 0. The monoisotopic (exact) mass is 329 g/mol. The Labute approximate surface area is 133 Å². The lowest BCUT2D eigenvalue weighted by Gasteiger charge is -2.42. The van der Waals surface area contributed by atoms with Crippen LogP contribution in [-0.4, -0.2) is 27.9 Å². The number of rotatable bonds is 3. The largest absolute Gasteiger partial charge is 0.403 e. The van der Waals surface area contributed by atoms with Crippen LogP contribution in [0.25, 0.3) is 0 Å². The molecule has 1 unspecified atom stereocenters. The quantitative estimate of drug-likeness (QED) is 0.926. The summed E-state index contributed by atoms with van der Waals surface area (Å²) < 4.78 is 41.5. The second kappa shape index (κ2) is 5.53. The Morgan fingerprint density at radius 2 is 2.13 bits per heavy atom. The van der Waals surface area contributed by atoms with Crippen LogP contribution in [0.15, 0.2) is 6.20 Å². The average Bonchev–Trinajstić information content (AvgIpc) is 2.78. The van der Waals surface area contributed by atoms with Crippen LogP contribution in [0, 0.1) is 5.41 Å². The van der Waals surface area contributed by atoms with E-state index in [1.807, 2.05) is 24.7 Å². The van der Waals surface area contributed by atoms with Crippen molar-refractivity contribution in [2.45, 2.75) is 70.6 Å². The fraction of sp³-hybridized carbons (Fsp3) is 0.750. The molecule has 4 nitrogen and oxygen atoms in total. The molecule has 3 rings (SSSR count). The van der Waals surface area contributed by atoms with Crippen molar-refractivity contribution < 1.29 is 18.0 Å². The van der Waals surface area contributed by atoms with E-state index in [-0.39, 0.29) is 24.9 Å². The molecule has 0 radical (unpaired) electrons. The number of nitrogens with one attached hydrogen (secondary N) is 1. The summed E-state index contributed by atoms with van der Waals surface area (Å²) in [6.45, 7) is 4.06. The van der Waals surface area contributed by atoms with Crippen LogP contribution in [-0.2, 0) is 17.6 Å². The van der Waals surface area contributed by atoms with Crippen LogP contribution in [0.5, 0.6) is 0 Å². The molecule has 1 saturated carbocycles. The van der Waals surface area contributed by atoms with E-state index < -0.39 is 17.5 Å². The molecule has 1 aromatic heterocycles. The molecule has 7 heteroatoms. The van der Waals surface area contributed by atoms with Crippen molar-refractivity contribution in [3.63, 3.8) is 0 Å². The minimum absolute atomic E-state index is 0.0950. The molecule has 0 aliphatic heterocycles. The van der Waals surface area contributed by atoms with Gasteiger partial charge in [-0.2, -0.15) is 18.3 Å². The van der Waals surface area contributed by atoms with Crippen LogP contribution in [0.2, 0.25) is 0 Å². The lowest BCUT2D eigenvalue weighted by Crippen LogP contribution is -2.57. The third kappa shape index (κ3) is 2.74. The van der Waals surface area contributed by atoms with E-state index in [9.17, 15) is 18.0 Å². The number of halogens is 3. The van der Waals surface area contributed by atoms with Crippen LogP contribution in [0.4, 0.5) is 13.2 Å². The van der Waals surface area contributed by atoms with Crippen molar-refractivity contribution >= 4 is 5.91 Å². The number of aryl methyl sites for hydroxylation is 1. The molecule has 128 valence electrons. The smallest absolute Gasteiger partial charge is 0.352 e. The van der Waals surface area contributed by atoms with Crippen LogP contribution < -0.4 is 5.32 Å². The number of carbonyl (C=O) groups is 1. The van der Waals surface area contributed by atoms with E-state index in [4.69, 9.17) is 0 Å². The van der Waals surface area contributed by atoms with E-state index in [1.165, 1.54) is 0 Å². The lowest BCUT2D eigenvalue weighted by molar-refractivity contribution is -0.243. The van der Waals surface area contributed by atoms with Gasteiger partial charge in [0.15, 0.2) is 0 Å². The maximum Gasteiger partial charge on any atom is 0.403 e. The fourth-order valence-corrected chi connectivity index (χ4v) is 3.39. The van der Waals surface area contributed by atoms with Crippen LogP contribution in [0.3, 0.4) is 0 Å². The average molecular weight is 329 g/mol. The first-order chi connectivity index (χ1) is 10.7. The number of hydrogen-bond donors (Lipinski definition) is 1. The van der Waals surface area contributed by atoms with Crippen LogP contribution in [0.1, 0.15) is 56.8 Å². The van der Waals surface area contributed by atoms with Crippen molar-refractivity contribution in [3.8, 4) is 0 Å². The highest BCUT2D eigenvalue weighted by Gasteiger charge is 2.63. The van der Waals surface area contributed by atoms with Crippen LogP contribution >= 0.6 is 0 Å². The zero-order chi connectivity index (χ0) is 16.8. The summed E-state index contributed by atoms with van der Waals surface area (Å²) in [6.07, 6.45) is -0.280. The van der Waals surface area contributed by atoms with Gasteiger partial charge < -0.3 is 5.32 Å². The van der Waals surface area contributed by atoms with Gasteiger partial charge >= 0.3 is 6.18 Å². The third-order valence-corrected chi connectivity index (χ3v) is 5.15. The fourth-order valence-electron chi connectivity index (χ4n) is 3.39. The maximum absolute atomic E-state index is 13.2. The normalized spacial score (nSPS) is 23.3. The molecule has 1 aromatic rings. The van der Waals surface area contributed by atoms with Gasteiger partial charge in [0.2, 0.25) is 5.91 Å². The van der Waals surface area contributed by atoms with Crippen molar-refractivity contribution in [3.05, 3.63) is 17.5 Å². The van der Waals surface area contributed by atoms with Gasteiger partial charge in [0.05, 0.1) is 5.69 Å². The third-order valence-electron chi connectivity index (χ3n) is 5.15. The van der Waals surface area contributed by atoms with Gasteiger partial charge in [0, 0.05) is 24.7 Å². The lowest BCUT2D eigenvalue weighted by atomic mass is 9.67. The predicted molar refractivity (Wildman–Crippen MR) is 78.9 cm³/mol. The number of amides is 1. The molecule has 1 N–H and O–H groups in total. The Bertz CT molecular complexity index is 602. The molecule has 23 heavy (non-hydrogen) atoms. The molecule has 0 saturated heterocycles. The van der Waals surface area contributed by atoms with E-state index >= 15 is 0 Å². The van der Waals surface area contributed by atoms with Gasteiger partial charge in [0.25, 0.3) is 0 Å². The molecule has 1 heterocycles. The van der Waals surface area contributed by atoms with Gasteiger partial charge in [0.1, 0.15) is 5.41 Å². The van der Waals surface area contributed by atoms with Crippen molar-refractivity contribution in [1.82, 2.24) is 15.1 Å². The van der Waals surface area contributed by atoms with Gasteiger partial charge in [-0.25, -0.2) is 0 Å². The summed E-state index contributed by atoms with van der Waals surface area (Å²) in [7, 11) is 0. The number of fused-ring (bicyclic) bond motifs is 1. The first-order valence-corrected chi connectivity index (χ1v) is 8.17. The number of carbonyl (C=O) groups excluding carboxylic acids is 1. The minimum atomic E-state index is -4.46. The maximum atomic E-state index is 13.2. The van der Waals surface area contributed by atoms with E-state index in [0.717, 1.165) is 17.7 Å². The SMILES string of the molecule is CC(C)n1cc2c(n1)CC(NC(=O)C1(C(F)(F)F)CCC1)CC2. The molecule has 1 fully saturated rings. The second-order valence-electron chi connectivity index (χ2n) is 7.02. The summed E-state index contributed by atoms with van der Waals surface area (Å²) in [4.78, 5) is 12.2. The zero-order valence-corrected chi connectivity index (χ0v) is 13.4. The predicted octanol–water partition coefficient (Wildman–Crippen LogP) is 3.17. The highest BCUT2D eigenvalue weighted by Crippen LogP contribution is 2.53. The number of alkyl halides is 3. The number of nitrogens with zero attached hydrogens (tertiary/aromatic N) is 2. The van der Waals surface area contributed by atoms with Crippen molar-refractivity contribution in [2.75, 3.05) is 0 Å². The standard InChI is InChI=1S/C16H22F3N3O/c1-10(2)22-9-11-4-5-12(8-13(11)21-22)20-14(23)15(6-3-7-15)16(17,18)19/h9-10,12H,3-8H2,1-2H3,(H,20,23). The summed E-state index contributed by atoms with van der Waals surface area (Å²) in [5, 5.41) is 7.14. The molecule has 1 atom stereocenters. The molecular formula is C16H22F3N3O. The molecule has 0 aromatic carbocycles. The van der Waals surface area contributed by atoms with Crippen molar-refractivity contribution in [2.24, 2.45) is 5.41 Å². The second-order valence-corrected chi connectivity index (χ2v) is 7.02. The number of aromatic nitrogens is 2. The summed E-state index contributed by atoms with van der Waals surface area (Å²) in [5.41, 5.74) is -0.131. The van der Waals surface area contributed by atoms with Crippen molar-refractivity contribution in [1.29, 1.82) is 0 Å². The van der Waals surface area contributed by atoms with Gasteiger partial charge in [-0.1, -0.05) is 6.42 Å². The first kappa shape index (κ1) is 16.3. The Hall–Kier alpha value is -1.53. The molecule has 2 aliphatic rings. The van der Waals surface area contributed by atoms with E-state index in [0.29, 0.717) is 19.3 Å². The highest BCUT2D eigenvalue weighted by atomic mass is 19.4. The van der Waals surface area contributed by atoms with Gasteiger partial charge in [-0.3, -0.25) is 9.48 Å². The molecule has 1 amide bonds. The number of hydrogen-bond acceptors (Lipinski definition) is 2. The Kier molecular flexibility index (Phi) is 3.92. The Morgan fingerprint density at radius 1 is 1.43 bits per heavy atom. The molecule has 0 bridgehead atoms. The van der Waals surface area contributed by atoms with Gasteiger partial charge in [-0.15, -0.1) is 0 Å². The Morgan fingerprint density at radius 3 is 2.65 bits per heavy atom. The minimum Gasteiger partial charge on any atom is -0.352 e. The zero-order valence-electron chi connectivity index (χ0n) is 13.4. The van der Waals surface area contributed by atoms with E-state index in [1.54, 1.807) is 0 Å². The first-order valence-electron chi connectivity index (χ1n) is 8.17. The van der Waals surface area contributed by atoms with Gasteiger partial charge in [-0.05, 0) is 45.1 Å².